The zero-order valence-corrected chi connectivity index (χ0v) is 14.6. The highest BCUT2D eigenvalue weighted by Gasteiger charge is 2.16. The van der Waals surface area contributed by atoms with E-state index in [-0.39, 0.29) is 6.10 Å². The first-order valence-corrected chi connectivity index (χ1v) is 9.05. The first-order valence-electron chi connectivity index (χ1n) is 9.05. The smallest absolute Gasteiger partial charge is 0.0806 e. The van der Waals surface area contributed by atoms with Crippen LogP contribution < -0.4 is 10.2 Å². The molecule has 0 bridgehead atoms. The monoisotopic (exact) mass is 337 g/mol. The van der Waals surface area contributed by atoms with Gasteiger partial charge in [-0.15, -0.1) is 0 Å². The molecular weight excluding hydrogens is 306 g/mol. The molecular formula is C18H31N3O3. The Bertz CT molecular complexity index is 480. The van der Waals surface area contributed by atoms with Crippen LogP contribution in [0.25, 0.3) is 0 Å². The van der Waals surface area contributed by atoms with Gasteiger partial charge in [-0.05, 0) is 38.2 Å². The van der Waals surface area contributed by atoms with Gasteiger partial charge in [0.05, 0.1) is 30.2 Å². The minimum atomic E-state index is -0.619. The Morgan fingerprint density at radius 2 is 1.71 bits per heavy atom. The molecule has 4 N–H and O–H groups in total. The van der Waals surface area contributed by atoms with Crippen LogP contribution >= 0.6 is 0 Å². The van der Waals surface area contributed by atoms with Gasteiger partial charge in [0.25, 0.3) is 0 Å². The van der Waals surface area contributed by atoms with Gasteiger partial charge in [-0.1, -0.05) is 6.92 Å². The number of nitrogens with zero attached hydrogens (tertiary/aromatic N) is 2. The van der Waals surface area contributed by atoms with E-state index in [1.165, 1.54) is 0 Å². The molecule has 136 valence electrons. The molecule has 24 heavy (non-hydrogen) atoms. The molecule has 1 saturated heterocycles. The van der Waals surface area contributed by atoms with Crippen LogP contribution in [0, 0.1) is 0 Å². The lowest BCUT2D eigenvalue weighted by Crippen LogP contribution is -2.43. The molecule has 1 fully saturated rings. The first-order chi connectivity index (χ1) is 11.6. The summed E-state index contributed by atoms with van der Waals surface area (Å²) in [5.41, 5.74) is 1.84. The van der Waals surface area contributed by atoms with Crippen molar-refractivity contribution in [3.05, 3.63) is 24.0 Å². The van der Waals surface area contributed by atoms with Crippen molar-refractivity contribution in [3.8, 4) is 0 Å². The van der Waals surface area contributed by atoms with E-state index >= 15 is 0 Å². The Morgan fingerprint density at radius 3 is 2.42 bits per heavy atom. The maximum Gasteiger partial charge on any atom is 0.0806 e. The van der Waals surface area contributed by atoms with Gasteiger partial charge >= 0.3 is 0 Å². The number of pyridine rings is 1. The van der Waals surface area contributed by atoms with Crippen LogP contribution in [-0.2, 0) is 0 Å². The van der Waals surface area contributed by atoms with Gasteiger partial charge < -0.3 is 25.5 Å². The summed E-state index contributed by atoms with van der Waals surface area (Å²) in [6.45, 7) is 5.74. The van der Waals surface area contributed by atoms with Crippen molar-refractivity contribution in [2.45, 2.75) is 57.3 Å². The molecule has 1 aliphatic heterocycles. The molecule has 6 heteroatoms. The molecule has 3 unspecified atom stereocenters. The van der Waals surface area contributed by atoms with Crippen molar-refractivity contribution in [2.24, 2.45) is 0 Å². The molecule has 1 aliphatic rings. The third kappa shape index (κ3) is 6.02. The Hall–Kier alpha value is -1.21. The summed E-state index contributed by atoms with van der Waals surface area (Å²) < 4.78 is 0. The molecule has 0 spiro atoms. The van der Waals surface area contributed by atoms with Crippen molar-refractivity contribution >= 4 is 5.69 Å². The molecule has 0 radical (unpaired) electrons. The molecule has 0 saturated carbocycles. The number of aliphatic hydroxyl groups is 3. The van der Waals surface area contributed by atoms with Gasteiger partial charge in [-0.2, -0.15) is 0 Å². The number of aliphatic hydroxyl groups excluding tert-OH is 3. The summed E-state index contributed by atoms with van der Waals surface area (Å²) >= 11 is 0. The van der Waals surface area contributed by atoms with Gasteiger partial charge in [0.1, 0.15) is 0 Å². The molecule has 0 amide bonds. The second kappa shape index (κ2) is 9.93. The topological polar surface area (TPSA) is 88.8 Å². The number of nitrogens with one attached hydrogen (secondary N) is 1. The maximum atomic E-state index is 10.4. The lowest BCUT2D eigenvalue weighted by atomic mass is 10.00. The van der Waals surface area contributed by atoms with Crippen LogP contribution in [0.15, 0.2) is 18.5 Å². The third-order valence-corrected chi connectivity index (χ3v) is 4.69. The molecule has 0 aromatic carbocycles. The molecule has 2 heterocycles. The fourth-order valence-corrected chi connectivity index (χ4v) is 2.97. The Labute approximate surface area is 144 Å². The average molecular weight is 337 g/mol. The predicted molar refractivity (Wildman–Crippen MR) is 95.1 cm³/mol. The van der Waals surface area contributed by atoms with Crippen molar-refractivity contribution in [1.82, 2.24) is 10.3 Å². The van der Waals surface area contributed by atoms with E-state index in [1.54, 1.807) is 6.20 Å². The Morgan fingerprint density at radius 1 is 1.04 bits per heavy atom. The number of anilines is 1. The summed E-state index contributed by atoms with van der Waals surface area (Å²) in [5, 5.41) is 33.2. The molecule has 1 aromatic heterocycles. The van der Waals surface area contributed by atoms with E-state index in [4.69, 9.17) is 0 Å². The molecule has 1 aromatic rings. The first kappa shape index (κ1) is 19.1. The number of rotatable bonds is 9. The van der Waals surface area contributed by atoms with E-state index in [2.05, 4.69) is 15.2 Å². The van der Waals surface area contributed by atoms with Gasteiger partial charge in [-0.25, -0.2) is 0 Å². The van der Waals surface area contributed by atoms with Crippen LogP contribution in [-0.4, -0.2) is 58.7 Å². The summed E-state index contributed by atoms with van der Waals surface area (Å²) in [5.74, 6) is 0. The summed E-state index contributed by atoms with van der Waals surface area (Å²) in [7, 11) is 0. The van der Waals surface area contributed by atoms with Crippen LogP contribution in [0.2, 0.25) is 0 Å². The summed E-state index contributed by atoms with van der Waals surface area (Å²) in [6.07, 6.45) is 4.99. The second-order valence-electron chi connectivity index (χ2n) is 6.60. The zero-order chi connectivity index (χ0) is 17.4. The van der Waals surface area contributed by atoms with E-state index < -0.39 is 12.2 Å². The minimum absolute atomic E-state index is 0.343. The van der Waals surface area contributed by atoms with E-state index in [9.17, 15) is 15.3 Å². The van der Waals surface area contributed by atoms with Gasteiger partial charge in [0.15, 0.2) is 0 Å². The largest absolute Gasteiger partial charge is 0.393 e. The van der Waals surface area contributed by atoms with Crippen LogP contribution in [0.3, 0.4) is 0 Å². The van der Waals surface area contributed by atoms with Crippen LogP contribution in [0.5, 0.6) is 0 Å². The molecule has 2 rings (SSSR count). The van der Waals surface area contributed by atoms with Crippen molar-refractivity contribution < 1.29 is 15.3 Å². The predicted octanol–water partition coefficient (Wildman–Crippen LogP) is 1.22. The summed E-state index contributed by atoms with van der Waals surface area (Å²) in [6, 6.07) is 2.00. The lowest BCUT2D eigenvalue weighted by Gasteiger charge is -2.29. The normalized spacial score (nSPS) is 19.1. The molecule has 6 nitrogen and oxygen atoms in total. The number of hydrogen-bond acceptors (Lipinski definition) is 6. The number of piperazine rings is 1. The fourth-order valence-electron chi connectivity index (χ4n) is 2.97. The van der Waals surface area contributed by atoms with Crippen molar-refractivity contribution in [3.63, 3.8) is 0 Å². The highest BCUT2D eigenvalue weighted by molar-refractivity contribution is 5.47. The van der Waals surface area contributed by atoms with Crippen molar-refractivity contribution in [1.29, 1.82) is 0 Å². The number of hydrogen-bond donors (Lipinski definition) is 4. The number of aromatic nitrogens is 1. The van der Waals surface area contributed by atoms with Crippen molar-refractivity contribution in [2.75, 3.05) is 31.1 Å². The maximum absolute atomic E-state index is 10.4. The van der Waals surface area contributed by atoms with Gasteiger partial charge in [0.2, 0.25) is 0 Å². The van der Waals surface area contributed by atoms with E-state index in [0.717, 1.165) is 37.4 Å². The zero-order valence-electron chi connectivity index (χ0n) is 14.6. The van der Waals surface area contributed by atoms with E-state index in [0.29, 0.717) is 32.1 Å². The van der Waals surface area contributed by atoms with Gasteiger partial charge in [0, 0.05) is 37.9 Å². The van der Waals surface area contributed by atoms with Crippen LogP contribution in [0.1, 0.15) is 50.7 Å². The SMILES string of the molecule is CCC(O)CCC(O)CCC(O)c1cncc(N2CCNCC2)c1. The highest BCUT2D eigenvalue weighted by Crippen LogP contribution is 2.24. The quantitative estimate of drug-likeness (QED) is 0.542. The Kier molecular flexibility index (Phi) is 7.91. The Balaban J connectivity index is 1.82. The fraction of sp³-hybridized carbons (Fsp3) is 0.722. The highest BCUT2D eigenvalue weighted by atomic mass is 16.3. The molecule has 0 aliphatic carbocycles. The second-order valence-corrected chi connectivity index (χ2v) is 6.60. The summed E-state index contributed by atoms with van der Waals surface area (Å²) in [4.78, 5) is 6.53. The van der Waals surface area contributed by atoms with Gasteiger partial charge in [-0.3, -0.25) is 4.98 Å². The average Bonchev–Trinajstić information content (AvgIpc) is 2.64. The van der Waals surface area contributed by atoms with E-state index in [1.807, 2.05) is 19.2 Å². The third-order valence-electron chi connectivity index (χ3n) is 4.69. The lowest BCUT2D eigenvalue weighted by molar-refractivity contribution is 0.0873. The standard InChI is InChI=1S/C18H31N3O3/c1-2-16(22)3-4-17(23)5-6-18(24)14-11-15(13-20-12-14)21-9-7-19-8-10-21/h11-13,16-19,22-24H,2-10H2,1H3. The molecule has 3 atom stereocenters. The van der Waals surface area contributed by atoms with Crippen LogP contribution in [0.4, 0.5) is 5.69 Å². The minimum Gasteiger partial charge on any atom is -0.393 e.